The molecule has 1 aromatic carbocycles. The van der Waals surface area contributed by atoms with E-state index < -0.39 is 0 Å². The summed E-state index contributed by atoms with van der Waals surface area (Å²) in [6.07, 6.45) is 3.89. The van der Waals surface area contributed by atoms with Crippen LogP contribution in [0.4, 0.5) is 0 Å². The van der Waals surface area contributed by atoms with Gasteiger partial charge in [-0.3, -0.25) is 9.59 Å². The molecule has 29 heavy (non-hydrogen) atoms. The van der Waals surface area contributed by atoms with Crippen LogP contribution >= 0.6 is 0 Å². The number of benzene rings is 1. The van der Waals surface area contributed by atoms with Gasteiger partial charge in [0, 0.05) is 37.2 Å². The quantitative estimate of drug-likeness (QED) is 0.796. The summed E-state index contributed by atoms with van der Waals surface area (Å²) in [6.45, 7) is 8.56. The summed E-state index contributed by atoms with van der Waals surface area (Å²) in [5.74, 6) is 1.73. The van der Waals surface area contributed by atoms with E-state index in [4.69, 9.17) is 4.74 Å². The molecule has 160 valence electrons. The summed E-state index contributed by atoms with van der Waals surface area (Å²) in [7, 11) is 1.63. The minimum Gasteiger partial charge on any atom is -0.497 e. The Kier molecular flexibility index (Phi) is 7.53. The van der Waals surface area contributed by atoms with Gasteiger partial charge in [-0.15, -0.1) is 0 Å². The number of hydrogen-bond acceptors (Lipinski definition) is 4. The van der Waals surface area contributed by atoms with Crippen LogP contribution in [0.2, 0.25) is 0 Å². The number of ether oxygens (including phenoxy) is 1. The van der Waals surface area contributed by atoms with Gasteiger partial charge < -0.3 is 19.9 Å². The van der Waals surface area contributed by atoms with Crippen molar-refractivity contribution in [2.24, 2.45) is 11.8 Å². The Morgan fingerprint density at radius 1 is 1.03 bits per heavy atom. The van der Waals surface area contributed by atoms with Gasteiger partial charge in [0.25, 0.3) is 5.91 Å². The monoisotopic (exact) mass is 401 g/mol. The molecule has 2 fully saturated rings. The van der Waals surface area contributed by atoms with E-state index in [2.05, 4.69) is 24.1 Å². The van der Waals surface area contributed by atoms with Crippen LogP contribution < -0.4 is 10.1 Å². The third kappa shape index (κ3) is 5.72. The molecule has 0 saturated carbocycles. The molecule has 2 aliphatic heterocycles. The number of hydrogen-bond donors (Lipinski definition) is 1. The predicted molar refractivity (Wildman–Crippen MR) is 114 cm³/mol. The lowest BCUT2D eigenvalue weighted by molar-refractivity contribution is -0.126. The number of carbonyl (C=O) groups excluding carboxylic acids is 2. The van der Waals surface area contributed by atoms with Crippen LogP contribution in [0.15, 0.2) is 24.3 Å². The van der Waals surface area contributed by atoms with Crippen molar-refractivity contribution in [2.75, 3.05) is 39.8 Å². The lowest BCUT2D eigenvalue weighted by Gasteiger charge is -2.41. The van der Waals surface area contributed by atoms with Gasteiger partial charge in [0.15, 0.2) is 0 Å². The summed E-state index contributed by atoms with van der Waals surface area (Å²) in [5, 5.41) is 3.08. The highest BCUT2D eigenvalue weighted by Crippen LogP contribution is 2.25. The zero-order valence-corrected chi connectivity index (χ0v) is 18.0. The third-order valence-electron chi connectivity index (χ3n) is 6.19. The molecule has 1 N–H and O–H groups in total. The van der Waals surface area contributed by atoms with Gasteiger partial charge in [0.2, 0.25) is 5.91 Å². The Labute approximate surface area is 174 Å². The lowest BCUT2D eigenvalue weighted by atomic mass is 9.92. The van der Waals surface area contributed by atoms with E-state index in [-0.39, 0.29) is 17.7 Å². The summed E-state index contributed by atoms with van der Waals surface area (Å²) < 4.78 is 5.17. The van der Waals surface area contributed by atoms with Gasteiger partial charge in [0.05, 0.1) is 7.11 Å². The first-order chi connectivity index (χ1) is 14.0. The fraction of sp³-hybridized carbons (Fsp3) is 0.652. The largest absolute Gasteiger partial charge is 0.497 e. The standard InChI is InChI=1S/C23H35N3O3/c1-17(2)16-24-22(27)18-8-12-25(13-9-18)20-10-14-26(15-11-20)23(28)19-4-6-21(29-3)7-5-19/h4-7,17-18,20H,8-16H2,1-3H3,(H,24,27). The molecular formula is C23H35N3O3. The Bertz CT molecular complexity index is 673. The Balaban J connectivity index is 1.43. The van der Waals surface area contributed by atoms with Crippen LogP contribution in [0.5, 0.6) is 5.75 Å². The van der Waals surface area contributed by atoms with E-state index in [1.165, 1.54) is 0 Å². The third-order valence-corrected chi connectivity index (χ3v) is 6.19. The van der Waals surface area contributed by atoms with E-state index in [9.17, 15) is 9.59 Å². The molecule has 3 rings (SSSR count). The van der Waals surface area contributed by atoms with Crippen molar-refractivity contribution in [2.45, 2.75) is 45.6 Å². The fourth-order valence-electron chi connectivity index (χ4n) is 4.33. The maximum absolute atomic E-state index is 12.7. The number of rotatable bonds is 6. The number of nitrogens with one attached hydrogen (secondary N) is 1. The van der Waals surface area contributed by atoms with Crippen molar-refractivity contribution in [3.05, 3.63) is 29.8 Å². The molecule has 0 aromatic heterocycles. The van der Waals surface area contributed by atoms with Crippen molar-refractivity contribution in [1.82, 2.24) is 15.1 Å². The molecule has 2 heterocycles. The molecule has 2 saturated heterocycles. The minimum atomic E-state index is 0.103. The number of piperidine rings is 2. The van der Waals surface area contributed by atoms with Crippen molar-refractivity contribution in [3.8, 4) is 5.75 Å². The van der Waals surface area contributed by atoms with Crippen molar-refractivity contribution >= 4 is 11.8 Å². The zero-order chi connectivity index (χ0) is 20.8. The molecular weight excluding hydrogens is 366 g/mol. The molecule has 0 unspecified atom stereocenters. The maximum Gasteiger partial charge on any atom is 0.253 e. The zero-order valence-electron chi connectivity index (χ0n) is 18.0. The van der Waals surface area contributed by atoms with E-state index in [1.807, 2.05) is 29.2 Å². The number of methoxy groups -OCH3 is 1. The molecule has 2 aliphatic rings. The molecule has 1 aromatic rings. The van der Waals surface area contributed by atoms with Gasteiger partial charge in [-0.2, -0.15) is 0 Å². The smallest absolute Gasteiger partial charge is 0.253 e. The summed E-state index contributed by atoms with van der Waals surface area (Å²) in [4.78, 5) is 29.5. The average Bonchev–Trinajstić information content (AvgIpc) is 2.77. The van der Waals surface area contributed by atoms with E-state index in [0.717, 1.165) is 69.7 Å². The van der Waals surface area contributed by atoms with Crippen LogP contribution in [-0.2, 0) is 4.79 Å². The summed E-state index contributed by atoms with van der Waals surface area (Å²) in [6, 6.07) is 7.86. The van der Waals surface area contributed by atoms with Crippen LogP contribution in [0.1, 0.15) is 49.9 Å². The number of likely N-dealkylation sites (tertiary alicyclic amines) is 2. The molecule has 2 amide bonds. The van der Waals surface area contributed by atoms with Gasteiger partial charge in [-0.25, -0.2) is 0 Å². The molecule has 6 nitrogen and oxygen atoms in total. The lowest BCUT2D eigenvalue weighted by Crippen LogP contribution is -2.50. The SMILES string of the molecule is COc1ccc(C(=O)N2CCC(N3CCC(C(=O)NCC(C)C)CC3)CC2)cc1. The molecule has 0 atom stereocenters. The summed E-state index contributed by atoms with van der Waals surface area (Å²) in [5.41, 5.74) is 0.720. The van der Waals surface area contributed by atoms with Crippen LogP contribution in [-0.4, -0.2) is 67.5 Å². The summed E-state index contributed by atoms with van der Waals surface area (Å²) >= 11 is 0. The molecule has 0 spiro atoms. The van der Waals surface area contributed by atoms with E-state index in [1.54, 1.807) is 7.11 Å². The highest BCUT2D eigenvalue weighted by Gasteiger charge is 2.31. The first-order valence-electron chi connectivity index (χ1n) is 10.9. The Morgan fingerprint density at radius 2 is 1.66 bits per heavy atom. The van der Waals surface area contributed by atoms with Crippen molar-refractivity contribution in [1.29, 1.82) is 0 Å². The normalized spacial score (nSPS) is 19.4. The number of carbonyl (C=O) groups is 2. The minimum absolute atomic E-state index is 0.103. The molecule has 0 aliphatic carbocycles. The average molecular weight is 402 g/mol. The highest BCUT2D eigenvalue weighted by atomic mass is 16.5. The number of amides is 2. The van der Waals surface area contributed by atoms with Gasteiger partial charge >= 0.3 is 0 Å². The topological polar surface area (TPSA) is 61.9 Å². The van der Waals surface area contributed by atoms with Gasteiger partial charge in [-0.05, 0) is 69.0 Å². The second kappa shape index (κ2) is 10.1. The molecule has 0 bridgehead atoms. The Morgan fingerprint density at radius 3 is 2.21 bits per heavy atom. The second-order valence-electron chi connectivity index (χ2n) is 8.70. The van der Waals surface area contributed by atoms with Crippen molar-refractivity contribution in [3.63, 3.8) is 0 Å². The van der Waals surface area contributed by atoms with Crippen LogP contribution in [0, 0.1) is 11.8 Å². The first kappa shape index (κ1) is 21.6. The van der Waals surface area contributed by atoms with Crippen molar-refractivity contribution < 1.29 is 14.3 Å². The maximum atomic E-state index is 12.7. The molecule has 0 radical (unpaired) electrons. The first-order valence-corrected chi connectivity index (χ1v) is 10.9. The number of nitrogens with zero attached hydrogens (tertiary/aromatic N) is 2. The Hall–Kier alpha value is -2.08. The van der Waals surface area contributed by atoms with E-state index in [0.29, 0.717) is 12.0 Å². The van der Waals surface area contributed by atoms with Crippen LogP contribution in [0.25, 0.3) is 0 Å². The van der Waals surface area contributed by atoms with Gasteiger partial charge in [0.1, 0.15) is 5.75 Å². The second-order valence-corrected chi connectivity index (χ2v) is 8.70. The van der Waals surface area contributed by atoms with E-state index >= 15 is 0 Å². The fourth-order valence-corrected chi connectivity index (χ4v) is 4.33. The highest BCUT2D eigenvalue weighted by molar-refractivity contribution is 5.94. The predicted octanol–water partition coefficient (Wildman–Crippen LogP) is 2.78. The van der Waals surface area contributed by atoms with Gasteiger partial charge in [-0.1, -0.05) is 13.8 Å². The van der Waals surface area contributed by atoms with Crippen LogP contribution in [0.3, 0.4) is 0 Å². The molecule has 6 heteroatoms.